The Kier molecular flexibility index (Phi) is 3.12. The number of ketones is 1. The maximum Gasteiger partial charge on any atom is 0.449 e. The van der Waals surface area contributed by atoms with Crippen LogP contribution in [-0.4, -0.2) is 12.0 Å². The molecule has 58 valence electrons. The molecule has 0 aromatic heterocycles. The highest BCUT2D eigenvalue weighted by atomic mass is 19.4. The van der Waals surface area contributed by atoms with E-state index in [4.69, 9.17) is 0 Å². The predicted molar refractivity (Wildman–Crippen MR) is 30.5 cm³/mol. The summed E-state index contributed by atoms with van der Waals surface area (Å²) in [4.78, 5) is 10.1. The molecule has 0 rings (SSSR count). The standard InChI is InChI=1S/C6H7F3O/c1-2-3-4-5(10)6(7,8)9/h2H,1,3-4H2. The topological polar surface area (TPSA) is 17.1 Å². The van der Waals surface area contributed by atoms with Gasteiger partial charge in [-0.1, -0.05) is 6.08 Å². The van der Waals surface area contributed by atoms with Crippen molar-refractivity contribution in [3.8, 4) is 0 Å². The summed E-state index contributed by atoms with van der Waals surface area (Å²) in [6.45, 7) is 3.20. The second kappa shape index (κ2) is 3.39. The summed E-state index contributed by atoms with van der Waals surface area (Å²) >= 11 is 0. The van der Waals surface area contributed by atoms with Crippen LogP contribution in [0.15, 0.2) is 12.7 Å². The predicted octanol–water partition coefficient (Wildman–Crippen LogP) is 2.08. The Morgan fingerprint density at radius 1 is 1.50 bits per heavy atom. The van der Waals surface area contributed by atoms with Crippen molar-refractivity contribution in [3.05, 3.63) is 12.7 Å². The quantitative estimate of drug-likeness (QED) is 0.566. The summed E-state index contributed by atoms with van der Waals surface area (Å²) in [5.41, 5.74) is 0. The molecule has 4 heteroatoms. The van der Waals surface area contributed by atoms with Gasteiger partial charge in [0.2, 0.25) is 5.78 Å². The third kappa shape index (κ3) is 3.27. The average molecular weight is 152 g/mol. The minimum atomic E-state index is -4.68. The molecule has 0 fully saturated rings. The molecule has 0 aromatic rings. The average Bonchev–Trinajstić information content (AvgIpc) is 1.80. The van der Waals surface area contributed by atoms with Crippen molar-refractivity contribution >= 4 is 5.78 Å². The van der Waals surface area contributed by atoms with E-state index in [1.54, 1.807) is 0 Å². The highest BCUT2D eigenvalue weighted by Crippen LogP contribution is 2.18. The maximum absolute atomic E-state index is 11.4. The van der Waals surface area contributed by atoms with Crippen molar-refractivity contribution in [2.24, 2.45) is 0 Å². The van der Waals surface area contributed by atoms with Crippen LogP contribution in [0, 0.1) is 0 Å². The monoisotopic (exact) mass is 152 g/mol. The largest absolute Gasteiger partial charge is 0.449 e. The molecule has 0 aliphatic rings. The van der Waals surface area contributed by atoms with Crippen molar-refractivity contribution in [3.63, 3.8) is 0 Å². The second-order valence-corrected chi connectivity index (χ2v) is 1.75. The number of hydrogen-bond donors (Lipinski definition) is 0. The molecule has 0 radical (unpaired) electrons. The third-order valence-electron chi connectivity index (χ3n) is 0.892. The van der Waals surface area contributed by atoms with Crippen molar-refractivity contribution in [2.75, 3.05) is 0 Å². The van der Waals surface area contributed by atoms with Gasteiger partial charge in [0.25, 0.3) is 0 Å². The molecule has 0 bridgehead atoms. The smallest absolute Gasteiger partial charge is 0.290 e. The summed E-state index contributed by atoms with van der Waals surface area (Å²) in [6.07, 6.45) is -3.81. The van der Waals surface area contributed by atoms with E-state index in [0.29, 0.717) is 0 Å². The first-order valence-corrected chi connectivity index (χ1v) is 2.69. The van der Waals surface area contributed by atoms with Crippen LogP contribution in [0.4, 0.5) is 13.2 Å². The van der Waals surface area contributed by atoms with E-state index in [0.717, 1.165) is 0 Å². The summed E-state index contributed by atoms with van der Waals surface area (Å²) in [5, 5.41) is 0. The van der Waals surface area contributed by atoms with Crippen LogP contribution in [0.2, 0.25) is 0 Å². The molecule has 0 aliphatic heterocycles. The van der Waals surface area contributed by atoms with Crippen LogP contribution in [-0.2, 0) is 4.79 Å². The van der Waals surface area contributed by atoms with Gasteiger partial charge >= 0.3 is 6.18 Å². The van der Waals surface area contributed by atoms with Gasteiger partial charge in [-0.05, 0) is 6.42 Å². The zero-order valence-electron chi connectivity index (χ0n) is 5.24. The Bertz CT molecular complexity index is 136. The molecule has 0 saturated heterocycles. The lowest BCUT2D eigenvalue weighted by Crippen LogP contribution is -2.21. The summed E-state index contributed by atoms with van der Waals surface area (Å²) in [7, 11) is 0. The fourth-order valence-electron chi connectivity index (χ4n) is 0.375. The summed E-state index contributed by atoms with van der Waals surface area (Å²) < 4.78 is 34.2. The van der Waals surface area contributed by atoms with Crippen molar-refractivity contribution in [2.45, 2.75) is 19.0 Å². The Balaban J connectivity index is 3.74. The zero-order valence-corrected chi connectivity index (χ0v) is 5.24. The van der Waals surface area contributed by atoms with E-state index >= 15 is 0 Å². The fraction of sp³-hybridized carbons (Fsp3) is 0.500. The molecule has 0 spiro atoms. The van der Waals surface area contributed by atoms with Gasteiger partial charge in [0, 0.05) is 6.42 Å². The van der Waals surface area contributed by atoms with Gasteiger partial charge < -0.3 is 0 Å². The summed E-state index contributed by atoms with van der Waals surface area (Å²) in [6, 6.07) is 0. The first-order chi connectivity index (χ1) is 4.48. The van der Waals surface area contributed by atoms with E-state index in [-0.39, 0.29) is 6.42 Å². The Morgan fingerprint density at radius 2 is 2.00 bits per heavy atom. The van der Waals surface area contributed by atoms with Gasteiger partial charge in [-0.2, -0.15) is 13.2 Å². The third-order valence-corrected chi connectivity index (χ3v) is 0.892. The number of carbonyl (C=O) groups is 1. The number of Topliss-reactive ketones (excluding diaryl/α,β-unsaturated/α-hetero) is 1. The molecule has 0 heterocycles. The molecule has 0 unspecified atom stereocenters. The maximum atomic E-state index is 11.4. The molecule has 1 nitrogen and oxygen atoms in total. The number of carbonyl (C=O) groups excluding carboxylic acids is 1. The van der Waals surface area contributed by atoms with E-state index in [1.807, 2.05) is 0 Å². The van der Waals surface area contributed by atoms with Crippen LogP contribution in [0.1, 0.15) is 12.8 Å². The highest BCUT2D eigenvalue weighted by Gasteiger charge is 2.36. The van der Waals surface area contributed by atoms with Gasteiger partial charge in [-0.15, -0.1) is 6.58 Å². The molecule has 0 aliphatic carbocycles. The highest BCUT2D eigenvalue weighted by molar-refractivity contribution is 5.83. The van der Waals surface area contributed by atoms with Gasteiger partial charge in [0.15, 0.2) is 0 Å². The number of allylic oxidation sites excluding steroid dienone is 1. The van der Waals surface area contributed by atoms with E-state index in [1.165, 1.54) is 6.08 Å². The molecule has 0 aromatic carbocycles. The lowest BCUT2D eigenvalue weighted by atomic mass is 10.2. The minimum absolute atomic E-state index is 0.0817. The van der Waals surface area contributed by atoms with Crippen LogP contribution < -0.4 is 0 Å². The normalized spacial score (nSPS) is 11.1. The zero-order chi connectivity index (χ0) is 8.20. The molecule has 10 heavy (non-hydrogen) atoms. The van der Waals surface area contributed by atoms with Crippen molar-refractivity contribution in [1.29, 1.82) is 0 Å². The Morgan fingerprint density at radius 3 is 2.30 bits per heavy atom. The Labute approximate surface area is 56.5 Å². The van der Waals surface area contributed by atoms with Gasteiger partial charge in [-0.3, -0.25) is 4.79 Å². The van der Waals surface area contributed by atoms with Crippen molar-refractivity contribution in [1.82, 2.24) is 0 Å². The number of alkyl halides is 3. The first-order valence-electron chi connectivity index (χ1n) is 2.69. The summed E-state index contributed by atoms with van der Waals surface area (Å²) in [5.74, 6) is -1.69. The van der Waals surface area contributed by atoms with Crippen molar-refractivity contribution < 1.29 is 18.0 Å². The SMILES string of the molecule is C=CCCC(=O)C(F)(F)F. The van der Waals surface area contributed by atoms with Crippen LogP contribution in [0.5, 0.6) is 0 Å². The van der Waals surface area contributed by atoms with Crippen LogP contribution in [0.25, 0.3) is 0 Å². The minimum Gasteiger partial charge on any atom is -0.290 e. The molecular weight excluding hydrogens is 145 g/mol. The molecule has 0 saturated carbocycles. The fourth-order valence-corrected chi connectivity index (χ4v) is 0.375. The molecular formula is C6H7F3O. The molecule has 0 N–H and O–H groups in total. The first kappa shape index (κ1) is 9.20. The number of hydrogen-bond acceptors (Lipinski definition) is 1. The van der Waals surface area contributed by atoms with Gasteiger partial charge in [0.05, 0.1) is 0 Å². The van der Waals surface area contributed by atoms with E-state index < -0.39 is 18.4 Å². The van der Waals surface area contributed by atoms with E-state index in [9.17, 15) is 18.0 Å². The van der Waals surface area contributed by atoms with E-state index in [2.05, 4.69) is 6.58 Å². The van der Waals surface area contributed by atoms with Crippen LogP contribution in [0.3, 0.4) is 0 Å². The lowest BCUT2D eigenvalue weighted by Gasteiger charge is -2.01. The Hall–Kier alpha value is -0.800. The lowest BCUT2D eigenvalue weighted by molar-refractivity contribution is -0.170. The molecule has 0 amide bonds. The molecule has 0 atom stereocenters. The number of halogens is 3. The van der Waals surface area contributed by atoms with Crippen LogP contribution >= 0.6 is 0 Å². The van der Waals surface area contributed by atoms with Gasteiger partial charge in [-0.25, -0.2) is 0 Å². The number of rotatable bonds is 3. The van der Waals surface area contributed by atoms with Gasteiger partial charge in [0.1, 0.15) is 0 Å². The second-order valence-electron chi connectivity index (χ2n) is 1.75.